The van der Waals surface area contributed by atoms with Crippen LogP contribution in [-0.4, -0.2) is 287 Å². The smallest absolute Gasteiger partial charge is 0.218 e. The van der Waals surface area contributed by atoms with Gasteiger partial charge in [-0.25, -0.2) is 0 Å². The van der Waals surface area contributed by atoms with Crippen molar-refractivity contribution in [2.45, 2.75) is 132 Å². The molecule has 2 fully saturated rings. The fraction of sp³-hybridized carbons (Fsp3) is 0.762. The van der Waals surface area contributed by atoms with Gasteiger partial charge < -0.3 is 155 Å². The molecule has 4 heterocycles. The molecule has 31 heteroatoms. The van der Waals surface area contributed by atoms with E-state index >= 15 is 0 Å². The fourth-order valence-corrected chi connectivity index (χ4v) is 7.49. The predicted molar refractivity (Wildman–Crippen MR) is 238 cm³/mol. The Hall–Kier alpha value is -4.14. The average Bonchev–Trinajstić information content (AvgIpc) is 3.38. The molecular formula is C42H72N2O29. The van der Waals surface area contributed by atoms with Crippen LogP contribution in [0.5, 0.6) is 0 Å². The maximum Gasteiger partial charge on any atom is 0.218 e. The van der Waals surface area contributed by atoms with Crippen LogP contribution in [0.2, 0.25) is 0 Å². The van der Waals surface area contributed by atoms with Gasteiger partial charge >= 0.3 is 0 Å². The van der Waals surface area contributed by atoms with E-state index in [2.05, 4.69) is 4.90 Å². The van der Waals surface area contributed by atoms with Crippen LogP contribution < -0.4 is 0 Å². The van der Waals surface area contributed by atoms with E-state index in [-0.39, 0.29) is 13.0 Å². The minimum absolute atomic E-state index is 0.0401. The first-order valence-corrected chi connectivity index (χ1v) is 22.9. The Labute approximate surface area is 416 Å². The van der Waals surface area contributed by atoms with E-state index in [0.29, 0.717) is 26.2 Å². The Morgan fingerprint density at radius 1 is 0.370 bits per heavy atom. The SMILES string of the molecule is CCN1CCN(CCC2OC(O)/C(O)=C(\O)C(CCO)OC3OC(CO)C(OC(O)/C(O)=C(\O)C(CCO)OC(O)/C(O)=C(/O)C(CCO)OC(O)/C(O)=C(/O)C(CCO)OC(O)C(O)=C2O)C(O)C3O)CC1. The fourth-order valence-electron chi connectivity index (χ4n) is 7.49. The highest BCUT2D eigenvalue weighted by molar-refractivity contribution is 5.14. The summed E-state index contributed by atoms with van der Waals surface area (Å²) in [6.07, 6.45) is -38.0. The van der Waals surface area contributed by atoms with Crippen LogP contribution in [0.25, 0.3) is 0 Å². The molecule has 2 bridgehead atoms. The van der Waals surface area contributed by atoms with E-state index in [0.717, 1.165) is 6.54 Å². The van der Waals surface area contributed by atoms with Gasteiger partial charge in [0.2, 0.25) is 31.5 Å². The molecule has 4 aliphatic heterocycles. The van der Waals surface area contributed by atoms with Crippen molar-refractivity contribution < 1.29 is 146 Å². The van der Waals surface area contributed by atoms with E-state index in [4.69, 9.17) is 33.2 Å². The van der Waals surface area contributed by atoms with Gasteiger partial charge in [0, 0.05) is 84.8 Å². The molecule has 0 aromatic rings. The van der Waals surface area contributed by atoms with Crippen molar-refractivity contribution in [1.82, 2.24) is 9.80 Å². The summed E-state index contributed by atoms with van der Waals surface area (Å²) in [5.41, 5.74) is 0. The number of likely N-dealkylation sites (N-methyl/N-ethyl adjacent to an activating group) is 1. The molecule has 22 N–H and O–H groups in total. The van der Waals surface area contributed by atoms with Gasteiger partial charge in [0.1, 0.15) is 54.9 Å². The number of ether oxygens (including phenoxy) is 7. The molecule has 2 saturated heterocycles. The molecule has 73 heavy (non-hydrogen) atoms. The van der Waals surface area contributed by atoms with Gasteiger partial charge in [0.15, 0.2) is 63.9 Å². The predicted octanol–water partition coefficient (Wildman–Crippen LogP) is -4.46. The number of hydrogen-bond acceptors (Lipinski definition) is 31. The third-order valence-electron chi connectivity index (χ3n) is 11.8. The van der Waals surface area contributed by atoms with Crippen molar-refractivity contribution in [3.8, 4) is 0 Å². The zero-order valence-electron chi connectivity index (χ0n) is 39.6. The first-order chi connectivity index (χ1) is 34.5. The Bertz CT molecular complexity index is 1840. The zero-order chi connectivity index (χ0) is 54.9. The molecule has 4 rings (SSSR count). The van der Waals surface area contributed by atoms with Crippen LogP contribution in [0.1, 0.15) is 39.0 Å². The summed E-state index contributed by atoms with van der Waals surface area (Å²) >= 11 is 0. The highest BCUT2D eigenvalue weighted by Gasteiger charge is 2.48. The maximum atomic E-state index is 11.3. The summed E-state index contributed by atoms with van der Waals surface area (Å²) in [7, 11) is 0. The molecule has 31 nitrogen and oxygen atoms in total. The van der Waals surface area contributed by atoms with Crippen molar-refractivity contribution in [2.75, 3.05) is 72.3 Å². The Morgan fingerprint density at radius 3 is 0.986 bits per heavy atom. The third-order valence-corrected chi connectivity index (χ3v) is 11.8. The molecule has 0 spiro atoms. The molecule has 15 atom stereocenters. The van der Waals surface area contributed by atoms with Gasteiger partial charge in [0.25, 0.3) is 0 Å². The zero-order valence-corrected chi connectivity index (χ0v) is 39.6. The summed E-state index contributed by atoms with van der Waals surface area (Å²) in [6, 6.07) is 0. The summed E-state index contributed by atoms with van der Waals surface area (Å²) < 4.78 is 37.0. The van der Waals surface area contributed by atoms with Gasteiger partial charge in [-0.05, 0) is 13.0 Å². The molecule has 0 aromatic carbocycles. The number of aliphatic hydroxyl groups is 22. The second-order valence-electron chi connectivity index (χ2n) is 16.7. The maximum absolute atomic E-state index is 11.3. The van der Waals surface area contributed by atoms with Gasteiger partial charge in [-0.15, -0.1) is 0 Å². The lowest BCUT2D eigenvalue weighted by molar-refractivity contribution is -0.329. The largest absolute Gasteiger partial charge is 0.506 e. The highest BCUT2D eigenvalue weighted by atomic mass is 16.7. The first kappa shape index (κ1) is 63.2. The molecule has 4 aliphatic rings. The molecule has 0 amide bonds. The van der Waals surface area contributed by atoms with Crippen LogP contribution in [0, 0.1) is 0 Å². The minimum atomic E-state index is -2.78. The van der Waals surface area contributed by atoms with E-state index in [1.54, 1.807) is 0 Å². The molecule has 15 unspecified atom stereocenters. The third kappa shape index (κ3) is 17.2. The lowest BCUT2D eigenvalue weighted by Crippen LogP contribution is -2.61. The lowest BCUT2D eigenvalue weighted by Gasteiger charge is -2.43. The molecular weight excluding hydrogens is 996 g/mol. The Balaban J connectivity index is 2.21. The minimum Gasteiger partial charge on any atom is -0.506 e. The quantitative estimate of drug-likeness (QED) is 0.0827. The number of fused-ring (bicyclic) bond motifs is 22. The summed E-state index contributed by atoms with van der Waals surface area (Å²) in [5, 5.41) is 235. The van der Waals surface area contributed by atoms with E-state index < -0.39 is 209 Å². The van der Waals surface area contributed by atoms with Crippen molar-refractivity contribution in [3.63, 3.8) is 0 Å². The van der Waals surface area contributed by atoms with Crippen LogP contribution >= 0.6 is 0 Å². The van der Waals surface area contributed by atoms with Crippen LogP contribution in [0.3, 0.4) is 0 Å². The molecule has 0 saturated carbocycles. The average molecular weight is 1070 g/mol. The standard InChI is InChI=1S/C42H72N2O29/c1-2-43-9-11-44(12-10-43)8-3-18-24(50)30(56)38(63)68-19(4-13-45)25(51)31(57)39(64)69-20(5-14-46)26(52)32(58)40(65)70-21(6-15-47)27(53)34(60)41(66)73-36-23(17-49)72-42(35(61)29(36)55)71-22(7-16-48)28(54)33(59)37(62)67-18/h18-23,29,35-42,45-66H,2-17H2,1H3/b30-24?,31-25-,32-26-,33-28+,34-27+. The Kier molecular flexibility index (Phi) is 26.3. The summed E-state index contributed by atoms with van der Waals surface area (Å²) in [6.45, 7) is 0.208. The first-order valence-electron chi connectivity index (χ1n) is 22.9. The molecule has 0 aliphatic carbocycles. The second kappa shape index (κ2) is 30.4. The highest BCUT2D eigenvalue weighted by Crippen LogP contribution is 2.31. The number of piperazine rings is 1. The van der Waals surface area contributed by atoms with Crippen LogP contribution in [-0.2, 0) is 33.2 Å². The van der Waals surface area contributed by atoms with Crippen molar-refractivity contribution in [3.05, 3.63) is 57.6 Å². The van der Waals surface area contributed by atoms with Crippen LogP contribution in [0.4, 0.5) is 0 Å². The van der Waals surface area contributed by atoms with Crippen LogP contribution in [0.15, 0.2) is 57.6 Å². The van der Waals surface area contributed by atoms with Crippen molar-refractivity contribution in [1.29, 1.82) is 0 Å². The van der Waals surface area contributed by atoms with Crippen molar-refractivity contribution in [2.24, 2.45) is 0 Å². The normalized spacial score (nSPS) is 38.9. The molecule has 424 valence electrons. The molecule has 0 radical (unpaired) electrons. The van der Waals surface area contributed by atoms with Gasteiger partial charge in [-0.3, -0.25) is 0 Å². The van der Waals surface area contributed by atoms with Gasteiger partial charge in [-0.1, -0.05) is 6.92 Å². The molecule has 0 aromatic heterocycles. The lowest BCUT2D eigenvalue weighted by atomic mass is 9.98. The summed E-state index contributed by atoms with van der Waals surface area (Å²) in [5.74, 6) is -14.8. The number of aliphatic hydroxyl groups excluding tert-OH is 22. The number of nitrogens with zero attached hydrogens (tertiary/aromatic N) is 2. The Morgan fingerprint density at radius 2 is 0.671 bits per heavy atom. The van der Waals surface area contributed by atoms with E-state index in [1.165, 1.54) is 0 Å². The van der Waals surface area contributed by atoms with Crippen molar-refractivity contribution >= 4 is 0 Å². The van der Waals surface area contributed by atoms with E-state index in [9.17, 15) is 112 Å². The number of rotatable bonds is 13. The van der Waals surface area contributed by atoms with E-state index in [1.807, 2.05) is 11.8 Å². The topological polar surface area (TPSA) is 516 Å². The monoisotopic (exact) mass is 1070 g/mol. The second-order valence-corrected chi connectivity index (χ2v) is 16.7. The number of hydrogen-bond donors (Lipinski definition) is 22. The van der Waals surface area contributed by atoms with Gasteiger partial charge in [0.05, 0.1) is 6.61 Å². The summed E-state index contributed by atoms with van der Waals surface area (Å²) in [4.78, 5) is 4.01. The van der Waals surface area contributed by atoms with Gasteiger partial charge in [-0.2, -0.15) is 0 Å².